The molecule has 0 saturated carbocycles. The van der Waals surface area contributed by atoms with Crippen LogP contribution in [0.3, 0.4) is 0 Å². The third-order valence-electron chi connectivity index (χ3n) is 4.89. The zero-order valence-corrected chi connectivity index (χ0v) is 16.2. The number of nitrogens with zero attached hydrogens (tertiary/aromatic N) is 1. The number of rotatable bonds is 19. The molecule has 0 saturated heterocycles. The van der Waals surface area contributed by atoms with Crippen LogP contribution in [0.4, 0.5) is 0 Å². The SMILES string of the molecule is CCCCCCCCCCC(C(O)CCCCCCCC=O)[N+](=O)[O-]. The Morgan fingerprint density at radius 2 is 1.32 bits per heavy atom. The maximum absolute atomic E-state index is 11.2. The molecule has 1 N–H and O–H groups in total. The van der Waals surface area contributed by atoms with Crippen molar-refractivity contribution in [1.82, 2.24) is 0 Å². The Balaban J connectivity index is 3.73. The third kappa shape index (κ3) is 15.0. The number of aliphatic hydroxyl groups excluding tert-OH is 1. The molecule has 148 valence electrons. The summed E-state index contributed by atoms with van der Waals surface area (Å²) >= 11 is 0. The van der Waals surface area contributed by atoms with Crippen LogP contribution in [0, 0.1) is 10.1 Å². The van der Waals surface area contributed by atoms with Crippen LogP contribution in [0.1, 0.15) is 110 Å². The van der Waals surface area contributed by atoms with Crippen molar-refractivity contribution in [3.63, 3.8) is 0 Å². The molecule has 0 rings (SSSR count). The number of hydrogen-bond donors (Lipinski definition) is 1. The van der Waals surface area contributed by atoms with Gasteiger partial charge in [-0.15, -0.1) is 0 Å². The van der Waals surface area contributed by atoms with Crippen LogP contribution in [0.25, 0.3) is 0 Å². The van der Waals surface area contributed by atoms with Crippen molar-refractivity contribution in [3.05, 3.63) is 10.1 Å². The first-order valence-electron chi connectivity index (χ1n) is 10.4. The Hall–Kier alpha value is -0.970. The Labute approximate surface area is 153 Å². The second-order valence-corrected chi connectivity index (χ2v) is 7.20. The highest BCUT2D eigenvalue weighted by Gasteiger charge is 2.28. The van der Waals surface area contributed by atoms with Gasteiger partial charge < -0.3 is 9.90 Å². The lowest BCUT2D eigenvalue weighted by atomic mass is 9.98. The lowest BCUT2D eigenvalue weighted by Gasteiger charge is -2.16. The zero-order valence-electron chi connectivity index (χ0n) is 16.2. The molecule has 0 heterocycles. The van der Waals surface area contributed by atoms with E-state index in [2.05, 4.69) is 6.92 Å². The fourth-order valence-corrected chi connectivity index (χ4v) is 3.23. The molecule has 0 aliphatic heterocycles. The summed E-state index contributed by atoms with van der Waals surface area (Å²) in [6.45, 7) is 2.21. The molecule has 2 unspecified atom stereocenters. The number of aldehydes is 1. The summed E-state index contributed by atoms with van der Waals surface area (Å²) in [5.41, 5.74) is 0. The number of hydrogen-bond acceptors (Lipinski definition) is 4. The van der Waals surface area contributed by atoms with Crippen LogP contribution in [0.2, 0.25) is 0 Å². The van der Waals surface area contributed by atoms with Gasteiger partial charge in [0.15, 0.2) is 0 Å². The molecule has 0 aromatic heterocycles. The van der Waals surface area contributed by atoms with Crippen LogP contribution in [-0.4, -0.2) is 28.5 Å². The first-order valence-corrected chi connectivity index (χ1v) is 10.4. The summed E-state index contributed by atoms with van der Waals surface area (Å²) in [4.78, 5) is 21.1. The van der Waals surface area contributed by atoms with Crippen LogP contribution in [-0.2, 0) is 4.79 Å². The number of nitro groups is 1. The molecule has 0 amide bonds. The summed E-state index contributed by atoms with van der Waals surface area (Å²) in [6, 6.07) is -0.810. The summed E-state index contributed by atoms with van der Waals surface area (Å²) in [6.07, 6.45) is 15.8. The molecule has 0 aromatic carbocycles. The van der Waals surface area contributed by atoms with E-state index in [4.69, 9.17) is 0 Å². The number of unbranched alkanes of at least 4 members (excludes halogenated alkanes) is 12. The van der Waals surface area contributed by atoms with E-state index < -0.39 is 12.1 Å². The molecule has 0 aromatic rings. The Kier molecular flexibility index (Phi) is 17.1. The van der Waals surface area contributed by atoms with Crippen LogP contribution in [0.15, 0.2) is 0 Å². The van der Waals surface area contributed by atoms with Crippen LogP contribution >= 0.6 is 0 Å². The van der Waals surface area contributed by atoms with Crippen molar-refractivity contribution in [2.45, 2.75) is 122 Å². The minimum atomic E-state index is -0.825. The fraction of sp³-hybridized carbons (Fsp3) is 0.950. The number of carbonyl (C=O) groups excluding carboxylic acids is 1. The Bertz CT molecular complexity index is 323. The third-order valence-corrected chi connectivity index (χ3v) is 4.89. The van der Waals surface area contributed by atoms with Gasteiger partial charge in [0.1, 0.15) is 12.4 Å². The summed E-state index contributed by atoms with van der Waals surface area (Å²) < 4.78 is 0. The fourth-order valence-electron chi connectivity index (χ4n) is 3.23. The highest BCUT2D eigenvalue weighted by molar-refractivity contribution is 5.48. The van der Waals surface area contributed by atoms with Crippen molar-refractivity contribution >= 4 is 6.29 Å². The minimum absolute atomic E-state index is 0.296. The van der Waals surface area contributed by atoms with Crippen molar-refractivity contribution in [1.29, 1.82) is 0 Å². The Morgan fingerprint density at radius 1 is 0.840 bits per heavy atom. The quantitative estimate of drug-likeness (QED) is 0.144. The van der Waals surface area contributed by atoms with E-state index in [1.165, 1.54) is 32.1 Å². The van der Waals surface area contributed by atoms with E-state index in [-0.39, 0.29) is 4.92 Å². The molecule has 2 atom stereocenters. The van der Waals surface area contributed by atoms with E-state index in [1.807, 2.05) is 0 Å². The highest BCUT2D eigenvalue weighted by Crippen LogP contribution is 2.17. The van der Waals surface area contributed by atoms with Crippen molar-refractivity contribution < 1.29 is 14.8 Å². The molecule has 0 aliphatic rings. The molecule has 5 heteroatoms. The molecule has 5 nitrogen and oxygen atoms in total. The van der Waals surface area contributed by atoms with Gasteiger partial charge in [-0.1, -0.05) is 77.6 Å². The van der Waals surface area contributed by atoms with Crippen molar-refractivity contribution in [3.8, 4) is 0 Å². The Morgan fingerprint density at radius 3 is 1.84 bits per heavy atom. The van der Waals surface area contributed by atoms with Crippen molar-refractivity contribution in [2.24, 2.45) is 0 Å². The van der Waals surface area contributed by atoms with Gasteiger partial charge >= 0.3 is 0 Å². The predicted octanol–water partition coefficient (Wildman–Crippen LogP) is 5.45. The van der Waals surface area contributed by atoms with Gasteiger partial charge in [0.05, 0.1) is 0 Å². The van der Waals surface area contributed by atoms with E-state index in [1.54, 1.807) is 0 Å². The first kappa shape index (κ1) is 24.0. The van der Waals surface area contributed by atoms with Crippen molar-refractivity contribution in [2.75, 3.05) is 0 Å². The molecular weight excluding hydrogens is 318 g/mol. The average Bonchev–Trinajstić information content (AvgIpc) is 2.59. The lowest BCUT2D eigenvalue weighted by Crippen LogP contribution is -2.33. The summed E-state index contributed by atoms with van der Waals surface area (Å²) in [5.74, 6) is 0. The molecule has 0 radical (unpaired) electrons. The minimum Gasteiger partial charge on any atom is -0.386 e. The average molecular weight is 358 g/mol. The maximum Gasteiger partial charge on any atom is 0.238 e. The molecule has 0 fully saturated rings. The normalized spacial score (nSPS) is 13.5. The molecule has 0 spiro atoms. The molecule has 0 bridgehead atoms. The van der Waals surface area contributed by atoms with Crippen LogP contribution in [0.5, 0.6) is 0 Å². The lowest BCUT2D eigenvalue weighted by molar-refractivity contribution is -0.535. The standard InChI is InChI=1S/C20H39NO4/c1-2-3-4-5-6-7-10-13-16-19(21(24)25)20(23)17-14-11-8-9-12-15-18-22/h18-20,23H,2-17H2,1H3. The topological polar surface area (TPSA) is 80.4 Å². The van der Waals surface area contributed by atoms with E-state index >= 15 is 0 Å². The summed E-state index contributed by atoms with van der Waals surface area (Å²) in [7, 11) is 0. The van der Waals surface area contributed by atoms with Gasteiger partial charge in [-0.25, -0.2) is 0 Å². The van der Waals surface area contributed by atoms with Gasteiger partial charge in [-0.3, -0.25) is 10.1 Å². The second-order valence-electron chi connectivity index (χ2n) is 7.20. The van der Waals surface area contributed by atoms with E-state index in [0.29, 0.717) is 19.3 Å². The van der Waals surface area contributed by atoms with Gasteiger partial charge in [-0.05, 0) is 19.3 Å². The second kappa shape index (κ2) is 17.8. The van der Waals surface area contributed by atoms with Gasteiger partial charge in [0.2, 0.25) is 6.04 Å². The van der Waals surface area contributed by atoms with Gasteiger partial charge in [0.25, 0.3) is 0 Å². The van der Waals surface area contributed by atoms with Crippen LogP contribution < -0.4 is 0 Å². The maximum atomic E-state index is 11.2. The summed E-state index contributed by atoms with van der Waals surface area (Å²) in [5, 5.41) is 21.3. The highest BCUT2D eigenvalue weighted by atomic mass is 16.6. The zero-order chi connectivity index (χ0) is 18.8. The van der Waals surface area contributed by atoms with E-state index in [0.717, 1.165) is 57.7 Å². The molecule has 0 aliphatic carbocycles. The van der Waals surface area contributed by atoms with E-state index in [9.17, 15) is 20.0 Å². The predicted molar refractivity (Wildman–Crippen MR) is 102 cm³/mol. The number of aliphatic hydroxyl groups is 1. The molecule has 25 heavy (non-hydrogen) atoms. The largest absolute Gasteiger partial charge is 0.386 e. The van der Waals surface area contributed by atoms with Gasteiger partial charge in [0, 0.05) is 17.8 Å². The number of carbonyl (C=O) groups is 1. The van der Waals surface area contributed by atoms with Gasteiger partial charge in [-0.2, -0.15) is 0 Å². The molecular formula is C20H39NO4. The monoisotopic (exact) mass is 357 g/mol. The smallest absolute Gasteiger partial charge is 0.238 e. The first-order chi connectivity index (χ1) is 12.1.